The summed E-state index contributed by atoms with van der Waals surface area (Å²) < 4.78 is 12.5. The van der Waals surface area contributed by atoms with E-state index in [1.54, 1.807) is 42.3 Å². The zero-order valence-electron chi connectivity index (χ0n) is 20.1. The molecule has 0 bridgehead atoms. The van der Waals surface area contributed by atoms with E-state index in [1.807, 2.05) is 38.5 Å². The Kier molecular flexibility index (Phi) is 7.71. The number of hydrogen-bond acceptors (Lipinski definition) is 5. The number of benzene rings is 2. The second-order valence-electron chi connectivity index (χ2n) is 8.07. The predicted molar refractivity (Wildman–Crippen MR) is 129 cm³/mol. The van der Waals surface area contributed by atoms with Crippen molar-refractivity contribution in [3.63, 3.8) is 0 Å². The van der Waals surface area contributed by atoms with Crippen LogP contribution in [-0.2, 0) is 18.2 Å². The maximum Gasteiger partial charge on any atom is 0.259 e. The second kappa shape index (κ2) is 10.5. The average molecular weight is 453 g/mol. The Morgan fingerprint density at radius 3 is 2.55 bits per heavy atom. The maximum absolute atomic E-state index is 13.4. The van der Waals surface area contributed by atoms with Crippen molar-refractivity contribution >= 4 is 28.5 Å². The van der Waals surface area contributed by atoms with Gasteiger partial charge in [-0.15, -0.1) is 0 Å². The number of anilines is 1. The number of carbonyl (C=O) groups excluding carboxylic acids is 2. The average Bonchev–Trinajstić information content (AvgIpc) is 3.14. The van der Waals surface area contributed by atoms with Crippen LogP contribution < -0.4 is 10.1 Å². The van der Waals surface area contributed by atoms with Gasteiger partial charge in [-0.25, -0.2) is 4.98 Å². The number of nitrogens with one attached hydrogen (secondary N) is 1. The summed E-state index contributed by atoms with van der Waals surface area (Å²) in [4.78, 5) is 33.0. The number of rotatable bonds is 9. The molecule has 0 aliphatic carbocycles. The molecule has 1 N–H and O–H groups in total. The van der Waals surface area contributed by atoms with Crippen molar-refractivity contribution in [3.8, 4) is 5.75 Å². The Morgan fingerprint density at radius 1 is 1.18 bits per heavy atom. The van der Waals surface area contributed by atoms with Crippen LogP contribution in [0.2, 0.25) is 0 Å². The van der Waals surface area contributed by atoms with Crippen LogP contribution in [0.1, 0.15) is 47.3 Å². The fourth-order valence-corrected chi connectivity index (χ4v) is 3.91. The molecular weight excluding hydrogens is 420 g/mol. The van der Waals surface area contributed by atoms with Crippen molar-refractivity contribution < 1.29 is 19.1 Å². The molecule has 0 aliphatic rings. The number of amides is 2. The Balaban J connectivity index is 2.09. The lowest BCUT2D eigenvalue weighted by molar-refractivity contribution is 0.0635. The number of ether oxygens (including phenoxy) is 2. The normalized spacial score (nSPS) is 11.1. The van der Waals surface area contributed by atoms with E-state index in [2.05, 4.69) is 5.32 Å². The van der Waals surface area contributed by atoms with Crippen molar-refractivity contribution in [1.82, 2.24) is 14.5 Å². The van der Waals surface area contributed by atoms with E-state index in [-0.39, 0.29) is 17.9 Å². The molecule has 0 fully saturated rings. The molecule has 3 rings (SSSR count). The molecule has 0 saturated heterocycles. The van der Waals surface area contributed by atoms with Gasteiger partial charge in [0.25, 0.3) is 11.8 Å². The predicted octanol–water partition coefficient (Wildman–Crippen LogP) is 3.89. The summed E-state index contributed by atoms with van der Waals surface area (Å²) in [6.45, 7) is 6.86. The Labute approximate surface area is 194 Å². The zero-order chi connectivity index (χ0) is 24.1. The minimum atomic E-state index is -0.322. The molecule has 0 atom stereocenters. The number of hydrogen-bond donors (Lipinski definition) is 1. The van der Waals surface area contributed by atoms with Gasteiger partial charge >= 0.3 is 0 Å². The smallest absolute Gasteiger partial charge is 0.259 e. The third kappa shape index (κ3) is 5.01. The molecule has 3 aromatic rings. The monoisotopic (exact) mass is 452 g/mol. The summed E-state index contributed by atoms with van der Waals surface area (Å²) in [7, 11) is 5.05. The van der Waals surface area contributed by atoms with Gasteiger partial charge < -0.3 is 24.3 Å². The molecular formula is C25H32N4O4. The number of aromatic nitrogens is 2. The van der Waals surface area contributed by atoms with Gasteiger partial charge in [-0.05, 0) is 38.1 Å². The molecule has 2 aromatic carbocycles. The first-order chi connectivity index (χ1) is 15.8. The summed E-state index contributed by atoms with van der Waals surface area (Å²) in [5.41, 5.74) is 2.82. The van der Waals surface area contributed by atoms with Crippen molar-refractivity contribution in [2.75, 3.05) is 32.7 Å². The van der Waals surface area contributed by atoms with Crippen LogP contribution >= 0.6 is 0 Å². The number of para-hydroxylation sites is 1. The SMILES string of the molecule is CCc1nc2cc(C(=O)N(CCOC)C(C)C)cc(NC(=O)c3ccccc3OC)c2n1C. The lowest BCUT2D eigenvalue weighted by atomic mass is 10.1. The van der Waals surface area contributed by atoms with Crippen molar-refractivity contribution in [2.24, 2.45) is 7.05 Å². The first kappa shape index (κ1) is 24.3. The van der Waals surface area contributed by atoms with E-state index in [4.69, 9.17) is 14.5 Å². The topological polar surface area (TPSA) is 85.7 Å². The van der Waals surface area contributed by atoms with E-state index in [0.717, 1.165) is 17.8 Å². The van der Waals surface area contributed by atoms with Gasteiger partial charge in [0, 0.05) is 38.7 Å². The van der Waals surface area contributed by atoms with Gasteiger partial charge in [-0.3, -0.25) is 9.59 Å². The standard InChI is InChI=1S/C25H32N4O4/c1-7-22-26-19-14-17(25(31)29(16(2)3)12-13-32-5)15-20(23(19)28(22)4)27-24(30)18-10-8-9-11-21(18)33-6/h8-11,14-16H,7,12-13H2,1-6H3,(H,27,30). The molecule has 8 nitrogen and oxygen atoms in total. The van der Waals surface area contributed by atoms with E-state index >= 15 is 0 Å². The third-order valence-electron chi connectivity index (χ3n) is 5.65. The van der Waals surface area contributed by atoms with E-state index in [1.165, 1.54) is 7.11 Å². The number of aryl methyl sites for hydroxylation is 2. The molecule has 176 valence electrons. The molecule has 8 heteroatoms. The largest absolute Gasteiger partial charge is 0.496 e. The molecule has 0 radical (unpaired) electrons. The number of carbonyl (C=O) groups is 2. The van der Waals surface area contributed by atoms with Gasteiger partial charge in [0.05, 0.1) is 36.0 Å². The molecule has 0 unspecified atom stereocenters. The van der Waals surface area contributed by atoms with E-state index < -0.39 is 0 Å². The summed E-state index contributed by atoms with van der Waals surface area (Å²) in [5, 5.41) is 2.99. The van der Waals surface area contributed by atoms with Gasteiger partial charge in [0.15, 0.2) is 0 Å². The van der Waals surface area contributed by atoms with Crippen molar-refractivity contribution in [1.29, 1.82) is 0 Å². The molecule has 1 aromatic heterocycles. The van der Waals surface area contributed by atoms with E-state index in [9.17, 15) is 9.59 Å². The summed E-state index contributed by atoms with van der Waals surface area (Å²) in [6.07, 6.45) is 0.723. The highest BCUT2D eigenvalue weighted by Gasteiger charge is 2.23. The van der Waals surface area contributed by atoms with Crippen LogP contribution in [0.15, 0.2) is 36.4 Å². The Bertz CT molecular complexity index is 1150. The first-order valence-corrected chi connectivity index (χ1v) is 11.1. The van der Waals surface area contributed by atoms with Crippen LogP contribution in [0.5, 0.6) is 5.75 Å². The zero-order valence-corrected chi connectivity index (χ0v) is 20.1. The van der Waals surface area contributed by atoms with Gasteiger partial charge in [-0.2, -0.15) is 0 Å². The van der Waals surface area contributed by atoms with Gasteiger partial charge in [0.1, 0.15) is 11.6 Å². The maximum atomic E-state index is 13.4. The number of methoxy groups -OCH3 is 2. The lowest BCUT2D eigenvalue weighted by Crippen LogP contribution is -2.39. The lowest BCUT2D eigenvalue weighted by Gasteiger charge is -2.26. The fourth-order valence-electron chi connectivity index (χ4n) is 3.91. The van der Waals surface area contributed by atoms with Crippen LogP contribution in [-0.4, -0.2) is 59.7 Å². The Morgan fingerprint density at radius 2 is 1.91 bits per heavy atom. The molecule has 2 amide bonds. The molecule has 1 heterocycles. The Hall–Kier alpha value is -3.39. The van der Waals surface area contributed by atoms with Gasteiger partial charge in [-0.1, -0.05) is 19.1 Å². The summed E-state index contributed by atoms with van der Waals surface area (Å²) in [6, 6.07) is 10.5. The fraction of sp³-hybridized carbons (Fsp3) is 0.400. The molecule has 0 aliphatic heterocycles. The van der Waals surface area contributed by atoms with Crippen molar-refractivity contribution in [3.05, 3.63) is 53.3 Å². The molecule has 33 heavy (non-hydrogen) atoms. The van der Waals surface area contributed by atoms with Crippen LogP contribution in [0.3, 0.4) is 0 Å². The highest BCUT2D eigenvalue weighted by Crippen LogP contribution is 2.29. The van der Waals surface area contributed by atoms with Gasteiger partial charge in [0.2, 0.25) is 0 Å². The number of fused-ring (bicyclic) bond motifs is 1. The van der Waals surface area contributed by atoms with Crippen LogP contribution in [0.25, 0.3) is 11.0 Å². The van der Waals surface area contributed by atoms with Crippen LogP contribution in [0, 0.1) is 0 Å². The highest BCUT2D eigenvalue weighted by molar-refractivity contribution is 6.11. The second-order valence-corrected chi connectivity index (χ2v) is 8.07. The van der Waals surface area contributed by atoms with Crippen molar-refractivity contribution in [2.45, 2.75) is 33.2 Å². The molecule has 0 saturated carbocycles. The minimum Gasteiger partial charge on any atom is -0.496 e. The van der Waals surface area contributed by atoms with E-state index in [0.29, 0.717) is 41.2 Å². The highest BCUT2D eigenvalue weighted by atomic mass is 16.5. The van der Waals surface area contributed by atoms with Crippen LogP contribution in [0.4, 0.5) is 5.69 Å². The summed E-state index contributed by atoms with van der Waals surface area (Å²) >= 11 is 0. The summed E-state index contributed by atoms with van der Waals surface area (Å²) in [5.74, 6) is 0.879. The minimum absolute atomic E-state index is 0.00935. The number of nitrogens with zero attached hydrogens (tertiary/aromatic N) is 3. The quantitative estimate of drug-likeness (QED) is 0.532. The third-order valence-corrected chi connectivity index (χ3v) is 5.65. The number of imidazole rings is 1. The first-order valence-electron chi connectivity index (χ1n) is 11.1. The molecule has 0 spiro atoms.